The average molecular weight is 454 g/mol. The van der Waals surface area contributed by atoms with Gasteiger partial charge < -0.3 is 15.0 Å². The van der Waals surface area contributed by atoms with Gasteiger partial charge >= 0.3 is 0 Å². The van der Waals surface area contributed by atoms with Gasteiger partial charge in [-0.3, -0.25) is 14.3 Å². The summed E-state index contributed by atoms with van der Waals surface area (Å²) in [5.74, 6) is -0.888. The minimum Gasteiger partial charge on any atom is -0.491 e. The van der Waals surface area contributed by atoms with Crippen LogP contribution in [0.5, 0.6) is 5.75 Å². The van der Waals surface area contributed by atoms with Crippen molar-refractivity contribution in [3.63, 3.8) is 0 Å². The number of amides is 2. The van der Waals surface area contributed by atoms with Gasteiger partial charge in [-0.2, -0.15) is 0 Å². The van der Waals surface area contributed by atoms with Crippen molar-refractivity contribution >= 4 is 27.5 Å². The first-order valence-electron chi connectivity index (χ1n) is 11.0. The Labute approximate surface area is 185 Å². The molecule has 31 heavy (non-hydrogen) atoms. The normalized spacial score (nSPS) is 19.2. The summed E-state index contributed by atoms with van der Waals surface area (Å²) >= 11 is 0. The standard InChI is InChI=1S/C22H35N3O5S/c1-5-6-13-23-22(27)18-8-7-17(4)25(14-18)21(26)15-31(28,29)24-19-9-11-20(12-10-19)30-16(2)3/h9-12,16-18,24H,5-8,13-15H2,1-4H3,(H,23,27). The number of hydrogen-bond acceptors (Lipinski definition) is 5. The third-order valence-corrected chi connectivity index (χ3v) is 6.39. The molecule has 2 rings (SSSR count). The average Bonchev–Trinajstić information content (AvgIpc) is 2.69. The largest absolute Gasteiger partial charge is 0.491 e. The number of benzene rings is 1. The number of carbonyl (C=O) groups is 2. The van der Waals surface area contributed by atoms with Gasteiger partial charge in [0.2, 0.25) is 21.8 Å². The molecule has 1 aromatic rings. The first-order chi connectivity index (χ1) is 14.6. The summed E-state index contributed by atoms with van der Waals surface area (Å²) in [6.07, 6.45) is 3.28. The maximum Gasteiger partial charge on any atom is 0.241 e. The van der Waals surface area contributed by atoms with Crippen molar-refractivity contribution in [2.24, 2.45) is 5.92 Å². The quantitative estimate of drug-likeness (QED) is 0.530. The molecule has 0 radical (unpaired) electrons. The lowest BCUT2D eigenvalue weighted by atomic mass is 9.92. The Hall–Kier alpha value is -2.29. The van der Waals surface area contributed by atoms with Crippen LogP contribution in [0.3, 0.4) is 0 Å². The Morgan fingerprint density at radius 3 is 2.48 bits per heavy atom. The number of sulfonamides is 1. The van der Waals surface area contributed by atoms with E-state index in [4.69, 9.17) is 4.74 Å². The number of nitrogens with one attached hydrogen (secondary N) is 2. The van der Waals surface area contributed by atoms with Crippen LogP contribution in [0.2, 0.25) is 0 Å². The highest BCUT2D eigenvalue weighted by Crippen LogP contribution is 2.23. The number of carbonyl (C=O) groups excluding carboxylic acids is 2. The van der Waals surface area contributed by atoms with Crippen LogP contribution in [-0.2, 0) is 19.6 Å². The minimum absolute atomic E-state index is 0.0178. The van der Waals surface area contributed by atoms with Crippen LogP contribution in [0, 0.1) is 5.92 Å². The SMILES string of the molecule is CCCCNC(=O)C1CCC(C)N(C(=O)CS(=O)(=O)Nc2ccc(OC(C)C)cc2)C1. The predicted molar refractivity (Wildman–Crippen MR) is 121 cm³/mol. The number of piperidine rings is 1. The van der Waals surface area contributed by atoms with E-state index in [1.54, 1.807) is 24.3 Å². The molecule has 1 heterocycles. The summed E-state index contributed by atoms with van der Waals surface area (Å²) < 4.78 is 33.1. The third-order valence-electron chi connectivity index (χ3n) is 5.22. The minimum atomic E-state index is -3.88. The van der Waals surface area contributed by atoms with E-state index in [0.717, 1.165) is 12.8 Å². The molecule has 1 aliphatic rings. The van der Waals surface area contributed by atoms with E-state index in [-0.39, 0.29) is 30.5 Å². The number of unbranched alkanes of at least 4 members (excludes halogenated alkanes) is 1. The summed E-state index contributed by atoms with van der Waals surface area (Å²) in [6.45, 7) is 8.61. The highest BCUT2D eigenvalue weighted by atomic mass is 32.2. The molecule has 0 bridgehead atoms. The molecule has 2 amide bonds. The van der Waals surface area contributed by atoms with E-state index in [9.17, 15) is 18.0 Å². The second-order valence-corrected chi connectivity index (χ2v) is 10.1. The van der Waals surface area contributed by atoms with Crippen LogP contribution in [-0.4, -0.2) is 56.1 Å². The second-order valence-electron chi connectivity index (χ2n) is 8.37. The summed E-state index contributed by atoms with van der Waals surface area (Å²) in [4.78, 5) is 26.7. The van der Waals surface area contributed by atoms with Gasteiger partial charge in [-0.05, 0) is 64.3 Å². The van der Waals surface area contributed by atoms with Gasteiger partial charge in [0.15, 0.2) is 0 Å². The summed E-state index contributed by atoms with van der Waals surface area (Å²) in [6, 6.07) is 6.44. The number of ether oxygens (including phenoxy) is 1. The Morgan fingerprint density at radius 1 is 1.19 bits per heavy atom. The van der Waals surface area contributed by atoms with Gasteiger partial charge in [0.25, 0.3) is 0 Å². The molecule has 1 fully saturated rings. The van der Waals surface area contributed by atoms with Crippen molar-refractivity contribution in [2.45, 2.75) is 65.5 Å². The molecule has 8 nitrogen and oxygen atoms in total. The van der Waals surface area contributed by atoms with Crippen LogP contribution >= 0.6 is 0 Å². The van der Waals surface area contributed by atoms with Gasteiger partial charge in [0, 0.05) is 24.8 Å². The van der Waals surface area contributed by atoms with E-state index in [1.165, 1.54) is 4.90 Å². The third kappa shape index (κ3) is 8.05. The highest BCUT2D eigenvalue weighted by molar-refractivity contribution is 7.93. The summed E-state index contributed by atoms with van der Waals surface area (Å²) in [5, 5.41) is 2.91. The molecule has 1 aliphatic heterocycles. The Morgan fingerprint density at radius 2 is 1.87 bits per heavy atom. The van der Waals surface area contributed by atoms with Crippen molar-refractivity contribution in [2.75, 3.05) is 23.6 Å². The molecule has 2 N–H and O–H groups in total. The van der Waals surface area contributed by atoms with Crippen molar-refractivity contribution < 1.29 is 22.7 Å². The Kier molecular flexibility index (Phi) is 9.15. The molecule has 0 spiro atoms. The van der Waals surface area contributed by atoms with Crippen LogP contribution in [0.15, 0.2) is 24.3 Å². The fraction of sp³-hybridized carbons (Fsp3) is 0.636. The molecule has 0 aromatic heterocycles. The molecule has 174 valence electrons. The molecule has 2 atom stereocenters. The van der Waals surface area contributed by atoms with Gasteiger partial charge in [0.05, 0.1) is 12.0 Å². The Bertz CT molecular complexity index is 839. The molecule has 1 saturated heterocycles. The lowest BCUT2D eigenvalue weighted by molar-refractivity contribution is -0.136. The number of nitrogens with zero attached hydrogens (tertiary/aromatic N) is 1. The molecular weight excluding hydrogens is 418 g/mol. The van der Waals surface area contributed by atoms with Crippen molar-refractivity contribution in [1.82, 2.24) is 10.2 Å². The zero-order valence-electron chi connectivity index (χ0n) is 18.9. The fourth-order valence-corrected chi connectivity index (χ4v) is 4.59. The van der Waals surface area contributed by atoms with E-state index in [2.05, 4.69) is 17.0 Å². The molecule has 2 unspecified atom stereocenters. The first-order valence-corrected chi connectivity index (χ1v) is 12.6. The van der Waals surface area contributed by atoms with Crippen molar-refractivity contribution in [1.29, 1.82) is 0 Å². The molecule has 1 aromatic carbocycles. The maximum absolute atomic E-state index is 12.8. The van der Waals surface area contributed by atoms with E-state index in [1.807, 2.05) is 20.8 Å². The zero-order chi connectivity index (χ0) is 23.0. The van der Waals surface area contributed by atoms with Crippen molar-refractivity contribution in [3.8, 4) is 5.75 Å². The molecule has 0 saturated carbocycles. The van der Waals surface area contributed by atoms with E-state index in [0.29, 0.717) is 30.8 Å². The fourth-order valence-electron chi connectivity index (χ4n) is 3.54. The van der Waals surface area contributed by atoms with E-state index >= 15 is 0 Å². The first kappa shape index (κ1) is 25.0. The summed E-state index contributed by atoms with van der Waals surface area (Å²) in [5.41, 5.74) is 0.365. The molecule has 9 heteroatoms. The number of likely N-dealkylation sites (tertiary alicyclic amines) is 1. The monoisotopic (exact) mass is 453 g/mol. The highest BCUT2D eigenvalue weighted by Gasteiger charge is 2.34. The smallest absolute Gasteiger partial charge is 0.241 e. The number of anilines is 1. The van der Waals surface area contributed by atoms with Gasteiger partial charge in [0.1, 0.15) is 11.5 Å². The van der Waals surface area contributed by atoms with Gasteiger partial charge in [-0.15, -0.1) is 0 Å². The topological polar surface area (TPSA) is 105 Å². The number of rotatable bonds is 10. The molecule has 0 aliphatic carbocycles. The van der Waals surface area contributed by atoms with Crippen LogP contribution in [0.1, 0.15) is 53.4 Å². The lowest BCUT2D eigenvalue weighted by Crippen LogP contribution is -2.51. The Balaban J connectivity index is 1.95. The van der Waals surface area contributed by atoms with Crippen molar-refractivity contribution in [3.05, 3.63) is 24.3 Å². The maximum atomic E-state index is 12.8. The lowest BCUT2D eigenvalue weighted by Gasteiger charge is -2.37. The predicted octanol–water partition coefficient (Wildman–Crippen LogP) is 2.76. The van der Waals surface area contributed by atoms with Crippen LogP contribution < -0.4 is 14.8 Å². The van der Waals surface area contributed by atoms with Crippen LogP contribution in [0.25, 0.3) is 0 Å². The zero-order valence-corrected chi connectivity index (χ0v) is 19.7. The summed E-state index contributed by atoms with van der Waals surface area (Å²) in [7, 11) is -3.88. The number of hydrogen-bond donors (Lipinski definition) is 2. The van der Waals surface area contributed by atoms with Gasteiger partial charge in [-0.1, -0.05) is 13.3 Å². The van der Waals surface area contributed by atoms with E-state index < -0.39 is 21.7 Å². The second kappa shape index (κ2) is 11.4. The van der Waals surface area contributed by atoms with Gasteiger partial charge in [-0.25, -0.2) is 8.42 Å². The molecular formula is C22H35N3O5S. The van der Waals surface area contributed by atoms with Crippen LogP contribution in [0.4, 0.5) is 5.69 Å².